The van der Waals surface area contributed by atoms with Crippen LogP contribution in [0, 0.1) is 0 Å². The SMILES string of the molecule is CCC(CC)n1c(COc2ccccc2Cl)nnc1SCC(=O)NC(C)C. The lowest BCUT2D eigenvalue weighted by molar-refractivity contribution is -0.119. The van der Waals surface area contributed by atoms with E-state index in [0.29, 0.717) is 16.5 Å². The van der Waals surface area contributed by atoms with E-state index in [-0.39, 0.29) is 24.6 Å². The Morgan fingerprint density at radius 3 is 2.59 bits per heavy atom. The van der Waals surface area contributed by atoms with Crippen molar-refractivity contribution in [3.8, 4) is 5.75 Å². The van der Waals surface area contributed by atoms with Crippen LogP contribution < -0.4 is 10.1 Å². The monoisotopic (exact) mass is 410 g/mol. The van der Waals surface area contributed by atoms with Crippen molar-refractivity contribution in [1.29, 1.82) is 0 Å². The molecule has 148 valence electrons. The molecule has 0 aliphatic rings. The number of carbonyl (C=O) groups excluding carboxylic acids is 1. The van der Waals surface area contributed by atoms with Crippen LogP contribution in [0.2, 0.25) is 5.02 Å². The van der Waals surface area contributed by atoms with Gasteiger partial charge in [0.25, 0.3) is 0 Å². The van der Waals surface area contributed by atoms with Crippen LogP contribution in [-0.2, 0) is 11.4 Å². The van der Waals surface area contributed by atoms with E-state index in [4.69, 9.17) is 16.3 Å². The topological polar surface area (TPSA) is 69.0 Å². The molecule has 0 spiro atoms. The van der Waals surface area contributed by atoms with Gasteiger partial charge < -0.3 is 14.6 Å². The van der Waals surface area contributed by atoms with E-state index in [1.807, 2.05) is 32.0 Å². The number of para-hydroxylation sites is 1. The summed E-state index contributed by atoms with van der Waals surface area (Å²) in [6.45, 7) is 8.42. The molecule has 0 unspecified atom stereocenters. The molecule has 0 saturated heterocycles. The van der Waals surface area contributed by atoms with E-state index >= 15 is 0 Å². The fraction of sp³-hybridized carbons (Fsp3) is 0.526. The molecule has 1 heterocycles. The average molecular weight is 411 g/mol. The molecule has 1 N–H and O–H groups in total. The van der Waals surface area contributed by atoms with Crippen LogP contribution in [0.25, 0.3) is 0 Å². The highest BCUT2D eigenvalue weighted by molar-refractivity contribution is 7.99. The highest BCUT2D eigenvalue weighted by Crippen LogP contribution is 2.28. The van der Waals surface area contributed by atoms with E-state index in [0.717, 1.165) is 23.8 Å². The molecular formula is C19H27ClN4O2S. The number of thioether (sulfide) groups is 1. The lowest BCUT2D eigenvalue weighted by atomic mass is 10.2. The van der Waals surface area contributed by atoms with Crippen molar-refractivity contribution in [3.05, 3.63) is 35.1 Å². The summed E-state index contributed by atoms with van der Waals surface area (Å²) >= 11 is 7.56. The number of aromatic nitrogens is 3. The molecule has 0 bridgehead atoms. The fourth-order valence-electron chi connectivity index (χ4n) is 2.72. The predicted molar refractivity (Wildman–Crippen MR) is 109 cm³/mol. The summed E-state index contributed by atoms with van der Waals surface area (Å²) < 4.78 is 7.94. The standard InChI is InChI=1S/C19H27ClN4O2S/c1-5-14(6-2)24-17(11-26-16-10-8-7-9-15(16)20)22-23-19(24)27-12-18(25)21-13(3)4/h7-10,13-14H,5-6,11-12H2,1-4H3,(H,21,25). The highest BCUT2D eigenvalue weighted by atomic mass is 35.5. The van der Waals surface area contributed by atoms with E-state index in [1.165, 1.54) is 11.8 Å². The second kappa shape index (κ2) is 10.6. The maximum absolute atomic E-state index is 12.0. The van der Waals surface area contributed by atoms with E-state index < -0.39 is 0 Å². The van der Waals surface area contributed by atoms with E-state index in [1.54, 1.807) is 6.07 Å². The lowest BCUT2D eigenvalue weighted by Gasteiger charge is -2.19. The molecule has 0 fully saturated rings. The van der Waals surface area contributed by atoms with Crippen LogP contribution in [0.3, 0.4) is 0 Å². The molecule has 27 heavy (non-hydrogen) atoms. The second-order valence-corrected chi connectivity index (χ2v) is 7.82. The number of rotatable bonds is 10. The van der Waals surface area contributed by atoms with Crippen LogP contribution in [0.15, 0.2) is 29.4 Å². The molecule has 0 saturated carbocycles. The highest BCUT2D eigenvalue weighted by Gasteiger charge is 2.20. The first kappa shape index (κ1) is 21.6. The summed E-state index contributed by atoms with van der Waals surface area (Å²) in [4.78, 5) is 12.0. The van der Waals surface area contributed by atoms with Gasteiger partial charge >= 0.3 is 0 Å². The Balaban J connectivity index is 2.15. The van der Waals surface area contributed by atoms with Gasteiger partial charge in [-0.25, -0.2) is 0 Å². The number of hydrogen-bond acceptors (Lipinski definition) is 5. The van der Waals surface area contributed by atoms with Gasteiger partial charge in [0.2, 0.25) is 5.91 Å². The van der Waals surface area contributed by atoms with Crippen LogP contribution in [0.5, 0.6) is 5.75 Å². The average Bonchev–Trinajstić information content (AvgIpc) is 3.03. The molecule has 8 heteroatoms. The molecule has 2 aromatic rings. The fourth-order valence-corrected chi connectivity index (χ4v) is 3.75. The van der Waals surface area contributed by atoms with Gasteiger partial charge in [-0.15, -0.1) is 10.2 Å². The maximum Gasteiger partial charge on any atom is 0.230 e. The normalized spacial score (nSPS) is 11.2. The van der Waals surface area contributed by atoms with Crippen molar-refractivity contribution in [3.63, 3.8) is 0 Å². The maximum atomic E-state index is 12.0. The zero-order chi connectivity index (χ0) is 19.8. The molecule has 6 nitrogen and oxygen atoms in total. The van der Waals surface area contributed by atoms with Crippen molar-refractivity contribution in [1.82, 2.24) is 20.1 Å². The van der Waals surface area contributed by atoms with Crippen LogP contribution in [0.4, 0.5) is 0 Å². The third-order valence-corrected chi connectivity index (χ3v) is 5.27. The Hall–Kier alpha value is -1.73. The summed E-state index contributed by atoms with van der Waals surface area (Å²) in [5, 5.41) is 12.8. The summed E-state index contributed by atoms with van der Waals surface area (Å²) in [5.74, 6) is 1.64. The third-order valence-electron chi connectivity index (χ3n) is 4.02. The number of nitrogens with zero attached hydrogens (tertiary/aromatic N) is 3. The number of nitrogens with one attached hydrogen (secondary N) is 1. The number of hydrogen-bond donors (Lipinski definition) is 1. The van der Waals surface area contributed by atoms with Crippen molar-refractivity contribution in [2.45, 2.75) is 64.4 Å². The molecule has 1 aromatic heterocycles. The molecule has 0 radical (unpaired) electrons. The molecule has 2 rings (SSSR count). The number of ether oxygens (including phenoxy) is 1. The van der Waals surface area contributed by atoms with Crippen molar-refractivity contribution in [2.24, 2.45) is 0 Å². The van der Waals surface area contributed by atoms with Gasteiger partial charge in [-0.1, -0.05) is 49.3 Å². The van der Waals surface area contributed by atoms with Gasteiger partial charge in [-0.05, 0) is 38.8 Å². The van der Waals surface area contributed by atoms with Gasteiger partial charge in [-0.2, -0.15) is 0 Å². The van der Waals surface area contributed by atoms with Crippen LogP contribution >= 0.6 is 23.4 Å². The Morgan fingerprint density at radius 1 is 1.26 bits per heavy atom. The second-order valence-electron chi connectivity index (χ2n) is 6.47. The third kappa shape index (κ3) is 6.14. The summed E-state index contributed by atoms with van der Waals surface area (Å²) in [6, 6.07) is 7.72. The quantitative estimate of drug-likeness (QED) is 0.584. The molecule has 0 aliphatic heterocycles. The predicted octanol–water partition coefficient (Wildman–Crippen LogP) is 4.49. The zero-order valence-corrected chi connectivity index (χ0v) is 17.8. The number of halogens is 1. The van der Waals surface area contributed by atoms with Crippen LogP contribution in [-0.4, -0.2) is 32.5 Å². The largest absolute Gasteiger partial charge is 0.484 e. The van der Waals surface area contributed by atoms with Gasteiger partial charge in [0.15, 0.2) is 11.0 Å². The van der Waals surface area contributed by atoms with Crippen molar-refractivity contribution in [2.75, 3.05) is 5.75 Å². The summed E-state index contributed by atoms with van der Waals surface area (Å²) in [6.07, 6.45) is 1.89. The number of carbonyl (C=O) groups is 1. The minimum Gasteiger partial charge on any atom is -0.484 e. The van der Waals surface area contributed by atoms with Gasteiger partial charge in [0.1, 0.15) is 12.4 Å². The molecule has 1 amide bonds. The van der Waals surface area contributed by atoms with Gasteiger partial charge in [-0.3, -0.25) is 4.79 Å². The summed E-state index contributed by atoms with van der Waals surface area (Å²) in [7, 11) is 0. The Labute approximate surface area is 170 Å². The summed E-state index contributed by atoms with van der Waals surface area (Å²) in [5.41, 5.74) is 0. The first-order valence-corrected chi connectivity index (χ1v) is 10.6. The van der Waals surface area contributed by atoms with Crippen molar-refractivity contribution < 1.29 is 9.53 Å². The first-order chi connectivity index (χ1) is 13.0. The Kier molecular flexibility index (Phi) is 8.44. The Morgan fingerprint density at radius 2 is 1.96 bits per heavy atom. The lowest BCUT2D eigenvalue weighted by Crippen LogP contribution is -2.31. The van der Waals surface area contributed by atoms with Crippen LogP contribution in [0.1, 0.15) is 52.4 Å². The first-order valence-electron chi connectivity index (χ1n) is 9.19. The van der Waals surface area contributed by atoms with Gasteiger partial charge in [0, 0.05) is 12.1 Å². The van der Waals surface area contributed by atoms with Gasteiger partial charge in [0.05, 0.1) is 10.8 Å². The Bertz CT molecular complexity index is 747. The van der Waals surface area contributed by atoms with E-state index in [9.17, 15) is 4.79 Å². The molecule has 0 aliphatic carbocycles. The molecular weight excluding hydrogens is 384 g/mol. The minimum atomic E-state index is -0.0111. The number of amides is 1. The zero-order valence-electron chi connectivity index (χ0n) is 16.2. The van der Waals surface area contributed by atoms with Crippen molar-refractivity contribution >= 4 is 29.3 Å². The molecule has 0 atom stereocenters. The number of benzene rings is 1. The van der Waals surface area contributed by atoms with E-state index in [2.05, 4.69) is 33.9 Å². The smallest absolute Gasteiger partial charge is 0.230 e. The minimum absolute atomic E-state index is 0.0111. The molecule has 1 aromatic carbocycles.